The Balaban J connectivity index is 1.75. The van der Waals surface area contributed by atoms with Crippen LogP contribution in [0.3, 0.4) is 0 Å². The van der Waals surface area contributed by atoms with Crippen molar-refractivity contribution in [2.24, 2.45) is 5.92 Å². The maximum absolute atomic E-state index is 13.0. The molecule has 1 aromatic carbocycles. The third kappa shape index (κ3) is 4.39. The van der Waals surface area contributed by atoms with E-state index in [1.54, 1.807) is 0 Å². The van der Waals surface area contributed by atoms with Gasteiger partial charge in [-0.1, -0.05) is 18.2 Å². The van der Waals surface area contributed by atoms with Crippen molar-refractivity contribution in [2.75, 3.05) is 19.8 Å². The number of nitrogens with zero attached hydrogens (tertiary/aromatic N) is 3. The molecule has 10 heteroatoms. The predicted octanol–water partition coefficient (Wildman–Crippen LogP) is 2.05. The van der Waals surface area contributed by atoms with Crippen molar-refractivity contribution in [2.45, 2.75) is 32.2 Å². The Morgan fingerprint density at radius 3 is 2.50 bits per heavy atom. The van der Waals surface area contributed by atoms with E-state index in [1.165, 1.54) is 29.3 Å². The maximum atomic E-state index is 13.0. The van der Waals surface area contributed by atoms with Crippen LogP contribution in [0.1, 0.15) is 27.9 Å². The monoisotopic (exact) mass is 417 g/mol. The summed E-state index contributed by atoms with van der Waals surface area (Å²) in [7, 11) is -0.269. The van der Waals surface area contributed by atoms with Crippen LogP contribution in [-0.4, -0.2) is 47.5 Å². The first-order valence-electron chi connectivity index (χ1n) is 8.75. The number of aliphatic hydroxyl groups is 1. The van der Waals surface area contributed by atoms with Gasteiger partial charge < -0.3 is 5.11 Å². The zero-order chi connectivity index (χ0) is 20.7. The molecule has 0 saturated carbocycles. The zero-order valence-electron chi connectivity index (χ0n) is 15.6. The second-order valence-corrected chi connectivity index (χ2v) is 9.52. The van der Waals surface area contributed by atoms with Gasteiger partial charge in [0.15, 0.2) is 5.69 Å². The molecular formula is C18H22F3N3O3S. The number of aliphatic hydroxyl groups excluding tert-OH is 1. The quantitative estimate of drug-likeness (QED) is 0.781. The molecule has 1 aliphatic carbocycles. The van der Waals surface area contributed by atoms with Crippen LogP contribution in [0.2, 0.25) is 0 Å². The molecule has 1 N–H and O–H groups in total. The van der Waals surface area contributed by atoms with Crippen LogP contribution < -0.4 is 0 Å². The first-order valence-corrected chi connectivity index (χ1v) is 10.4. The third-order valence-electron chi connectivity index (χ3n) is 4.91. The maximum Gasteiger partial charge on any atom is 0.435 e. The van der Waals surface area contributed by atoms with Crippen LogP contribution in [0.5, 0.6) is 0 Å². The summed E-state index contributed by atoms with van der Waals surface area (Å²) in [6.07, 6.45) is -2.14. The number of aromatic nitrogens is 2. The van der Waals surface area contributed by atoms with Crippen LogP contribution in [-0.2, 0) is 42.2 Å². The molecule has 154 valence electrons. The van der Waals surface area contributed by atoms with Gasteiger partial charge in [0, 0.05) is 25.9 Å². The molecule has 0 unspecified atom stereocenters. The molecule has 1 aliphatic rings. The lowest BCUT2D eigenvalue weighted by atomic mass is 10.1. The van der Waals surface area contributed by atoms with Gasteiger partial charge in [-0.15, -0.1) is 0 Å². The highest BCUT2D eigenvalue weighted by atomic mass is 32.2. The van der Waals surface area contributed by atoms with Crippen LogP contribution in [0.4, 0.5) is 13.2 Å². The van der Waals surface area contributed by atoms with E-state index in [2.05, 4.69) is 5.10 Å². The van der Waals surface area contributed by atoms with Gasteiger partial charge in [0.1, 0.15) is 0 Å². The van der Waals surface area contributed by atoms with Crippen LogP contribution in [0, 0.1) is 5.92 Å². The van der Waals surface area contributed by atoms with Crippen molar-refractivity contribution in [3.05, 3.63) is 52.3 Å². The highest BCUT2D eigenvalue weighted by molar-refractivity contribution is 7.89. The molecule has 1 atom stereocenters. The van der Waals surface area contributed by atoms with Crippen molar-refractivity contribution < 1.29 is 26.7 Å². The average Bonchev–Trinajstić information content (AvgIpc) is 3.16. The largest absolute Gasteiger partial charge is 0.435 e. The molecule has 0 spiro atoms. The lowest BCUT2D eigenvalue weighted by molar-refractivity contribution is -0.142. The van der Waals surface area contributed by atoms with E-state index >= 15 is 0 Å². The summed E-state index contributed by atoms with van der Waals surface area (Å²) in [6, 6.07) is 5.61. The minimum Gasteiger partial charge on any atom is -0.392 e. The normalized spacial score (nSPS) is 17.3. The number of alkyl halides is 3. The molecule has 0 bridgehead atoms. The van der Waals surface area contributed by atoms with E-state index < -0.39 is 28.5 Å². The van der Waals surface area contributed by atoms with Crippen LogP contribution in [0.15, 0.2) is 24.4 Å². The third-order valence-corrected chi connectivity index (χ3v) is 6.92. The Morgan fingerprint density at radius 2 is 1.93 bits per heavy atom. The number of sulfonamides is 1. The predicted molar refractivity (Wildman–Crippen MR) is 97.1 cm³/mol. The van der Waals surface area contributed by atoms with Crippen molar-refractivity contribution in [3.63, 3.8) is 0 Å². The minimum atomic E-state index is -4.62. The fourth-order valence-electron chi connectivity index (χ4n) is 3.51. The Kier molecular flexibility index (Phi) is 5.57. The standard InChI is InChI=1S/C18H22F3N3O3S/c1-23(2)28(26,27)11-13-6-14-4-3-12(5-15(14)7-13)8-24-9-16(10-25)17(22-24)18(19,20)21/h3-5,9,13,25H,6-8,10-11H2,1-2H3/t13-/m0/s1. The molecule has 0 saturated heterocycles. The van der Waals surface area contributed by atoms with Crippen molar-refractivity contribution >= 4 is 10.0 Å². The van der Waals surface area contributed by atoms with Crippen molar-refractivity contribution in [1.82, 2.24) is 14.1 Å². The molecule has 1 aromatic heterocycles. The number of fused-ring (bicyclic) bond motifs is 1. The van der Waals surface area contributed by atoms with E-state index in [1.807, 2.05) is 18.2 Å². The van der Waals surface area contributed by atoms with E-state index in [4.69, 9.17) is 5.11 Å². The molecule has 2 aromatic rings. The molecule has 3 rings (SSSR count). The van der Waals surface area contributed by atoms with Gasteiger partial charge in [-0.05, 0) is 35.4 Å². The van der Waals surface area contributed by atoms with Crippen LogP contribution >= 0.6 is 0 Å². The summed E-state index contributed by atoms with van der Waals surface area (Å²) >= 11 is 0. The number of rotatable bonds is 6. The summed E-state index contributed by atoms with van der Waals surface area (Å²) in [5.74, 6) is 0.0537. The lowest BCUT2D eigenvalue weighted by Crippen LogP contribution is -2.29. The fourth-order valence-corrected chi connectivity index (χ4v) is 4.64. The lowest BCUT2D eigenvalue weighted by Gasteiger charge is -2.14. The number of benzene rings is 1. The molecular weight excluding hydrogens is 395 g/mol. The van der Waals surface area contributed by atoms with Gasteiger partial charge in [0.25, 0.3) is 0 Å². The first kappa shape index (κ1) is 20.8. The first-order chi connectivity index (χ1) is 13.0. The fraction of sp³-hybridized carbons (Fsp3) is 0.500. The van der Waals surface area contributed by atoms with Crippen molar-refractivity contribution in [3.8, 4) is 0 Å². The van der Waals surface area contributed by atoms with Gasteiger partial charge in [0.2, 0.25) is 10.0 Å². The Labute approximate surface area is 161 Å². The van der Waals surface area contributed by atoms with Gasteiger partial charge in [-0.25, -0.2) is 12.7 Å². The minimum absolute atomic E-state index is 0.0137. The van der Waals surface area contributed by atoms with E-state index in [0.29, 0.717) is 12.8 Å². The smallest absolute Gasteiger partial charge is 0.392 e. The highest BCUT2D eigenvalue weighted by Crippen LogP contribution is 2.32. The number of hydrogen-bond acceptors (Lipinski definition) is 4. The molecule has 6 nitrogen and oxygen atoms in total. The second-order valence-electron chi connectivity index (χ2n) is 7.29. The molecule has 28 heavy (non-hydrogen) atoms. The molecule has 1 heterocycles. The molecule has 0 aliphatic heterocycles. The average molecular weight is 417 g/mol. The van der Waals surface area contributed by atoms with E-state index in [9.17, 15) is 21.6 Å². The summed E-state index contributed by atoms with van der Waals surface area (Å²) < 4.78 is 65.5. The van der Waals surface area contributed by atoms with Crippen molar-refractivity contribution in [1.29, 1.82) is 0 Å². The van der Waals surface area contributed by atoms with Gasteiger partial charge >= 0.3 is 6.18 Å². The summed E-state index contributed by atoms with van der Waals surface area (Å²) in [5.41, 5.74) is 1.51. The van der Waals surface area contributed by atoms with Crippen LogP contribution in [0.25, 0.3) is 0 Å². The summed E-state index contributed by atoms with van der Waals surface area (Å²) in [5, 5.41) is 12.7. The number of halogens is 3. The second kappa shape index (κ2) is 7.49. The van der Waals surface area contributed by atoms with E-state index in [-0.39, 0.29) is 23.8 Å². The highest BCUT2D eigenvalue weighted by Gasteiger charge is 2.37. The SMILES string of the molecule is CN(C)S(=O)(=O)C[C@H]1Cc2ccc(Cn3cc(CO)c(C(F)(F)F)n3)cc2C1. The summed E-state index contributed by atoms with van der Waals surface area (Å²) in [6.45, 7) is -0.599. The molecule has 0 amide bonds. The van der Waals surface area contributed by atoms with Gasteiger partial charge in [0.05, 0.1) is 18.9 Å². The Hall–Kier alpha value is -1.91. The number of hydrogen-bond donors (Lipinski definition) is 1. The Bertz CT molecular complexity index is 968. The molecule has 0 radical (unpaired) electrons. The topological polar surface area (TPSA) is 75.4 Å². The summed E-state index contributed by atoms with van der Waals surface area (Å²) in [4.78, 5) is 0. The van der Waals surface area contributed by atoms with Gasteiger partial charge in [-0.2, -0.15) is 18.3 Å². The van der Waals surface area contributed by atoms with E-state index in [0.717, 1.165) is 16.7 Å². The molecule has 0 fully saturated rings. The Morgan fingerprint density at radius 1 is 1.25 bits per heavy atom. The van der Waals surface area contributed by atoms with Gasteiger partial charge in [-0.3, -0.25) is 4.68 Å². The zero-order valence-corrected chi connectivity index (χ0v) is 16.4.